The molecule has 5 rings (SSSR count). The molecule has 1 aromatic carbocycles. The lowest BCUT2D eigenvalue weighted by Crippen LogP contribution is -2.17. The minimum absolute atomic E-state index is 0.296. The normalized spacial score (nSPS) is 13.1. The van der Waals surface area contributed by atoms with Crippen molar-refractivity contribution in [3.05, 3.63) is 83.8 Å². The van der Waals surface area contributed by atoms with Gasteiger partial charge in [0.2, 0.25) is 0 Å². The van der Waals surface area contributed by atoms with E-state index in [0.29, 0.717) is 17.2 Å². The number of anilines is 1. The molecule has 0 unspecified atom stereocenters. The molecule has 150 valence electrons. The summed E-state index contributed by atoms with van der Waals surface area (Å²) in [6.07, 6.45) is 8.74. The molecule has 3 aromatic heterocycles. The second-order valence-electron chi connectivity index (χ2n) is 7.15. The monoisotopic (exact) mass is 402 g/mol. The molecule has 0 saturated carbocycles. The number of nitrogens with zero attached hydrogens (tertiary/aromatic N) is 5. The number of aromatic nitrogens is 5. The number of hydrogen-bond acceptors (Lipinski definition) is 4. The molecule has 7 nitrogen and oxygen atoms in total. The first-order valence-electron chi connectivity index (χ1n) is 9.84. The molecule has 0 fully saturated rings. The summed E-state index contributed by atoms with van der Waals surface area (Å²) < 4.78 is 16.7. The molecule has 0 spiro atoms. The Morgan fingerprint density at radius 3 is 2.67 bits per heavy atom. The number of halogens is 1. The Labute approximate surface area is 172 Å². The van der Waals surface area contributed by atoms with Crippen molar-refractivity contribution in [3.8, 4) is 11.5 Å². The van der Waals surface area contributed by atoms with E-state index >= 15 is 0 Å². The number of hydrogen-bond donors (Lipinski definition) is 1. The first-order chi connectivity index (χ1) is 14.7. The van der Waals surface area contributed by atoms with Crippen LogP contribution in [0.1, 0.15) is 34.6 Å². The lowest BCUT2D eigenvalue weighted by atomic mass is 9.95. The summed E-state index contributed by atoms with van der Waals surface area (Å²) in [5.74, 6) is -0.0708. The molecular weight excluding hydrogens is 383 g/mol. The van der Waals surface area contributed by atoms with E-state index in [1.165, 1.54) is 12.1 Å². The highest BCUT2D eigenvalue weighted by atomic mass is 19.1. The van der Waals surface area contributed by atoms with Crippen LogP contribution in [0.15, 0.2) is 61.1 Å². The van der Waals surface area contributed by atoms with E-state index in [2.05, 4.69) is 20.5 Å². The molecule has 1 aliphatic carbocycles. The highest BCUT2D eigenvalue weighted by Crippen LogP contribution is 2.28. The summed E-state index contributed by atoms with van der Waals surface area (Å²) in [6.45, 7) is 0. The van der Waals surface area contributed by atoms with Crippen molar-refractivity contribution in [1.29, 1.82) is 0 Å². The van der Waals surface area contributed by atoms with Crippen LogP contribution < -0.4 is 5.32 Å². The van der Waals surface area contributed by atoms with Gasteiger partial charge in [0, 0.05) is 29.8 Å². The van der Waals surface area contributed by atoms with Gasteiger partial charge in [0.25, 0.3) is 5.91 Å². The third-order valence-corrected chi connectivity index (χ3v) is 5.22. The molecule has 0 radical (unpaired) electrons. The topological polar surface area (TPSA) is 77.6 Å². The van der Waals surface area contributed by atoms with Crippen molar-refractivity contribution in [3.63, 3.8) is 0 Å². The van der Waals surface area contributed by atoms with Crippen LogP contribution in [0.5, 0.6) is 0 Å². The van der Waals surface area contributed by atoms with Crippen molar-refractivity contribution in [1.82, 2.24) is 24.5 Å². The number of benzene rings is 1. The molecule has 0 atom stereocenters. The lowest BCUT2D eigenvalue weighted by molar-refractivity contribution is 0.102. The minimum atomic E-state index is -0.305. The maximum absolute atomic E-state index is 13.4. The maximum atomic E-state index is 13.4. The van der Waals surface area contributed by atoms with Crippen molar-refractivity contribution in [2.45, 2.75) is 25.7 Å². The van der Waals surface area contributed by atoms with Crippen LogP contribution in [-0.4, -0.2) is 30.5 Å². The Morgan fingerprint density at radius 2 is 1.87 bits per heavy atom. The van der Waals surface area contributed by atoms with Gasteiger partial charge in [-0.1, -0.05) is 0 Å². The molecule has 1 amide bonds. The number of carbonyl (C=O) groups is 1. The van der Waals surface area contributed by atoms with Gasteiger partial charge in [-0.3, -0.25) is 4.79 Å². The Bertz CT molecular complexity index is 1200. The Kier molecular flexibility index (Phi) is 4.59. The molecule has 30 heavy (non-hydrogen) atoms. The third-order valence-electron chi connectivity index (χ3n) is 5.22. The fraction of sp³-hybridized carbons (Fsp3) is 0.182. The average molecular weight is 402 g/mol. The van der Waals surface area contributed by atoms with Gasteiger partial charge >= 0.3 is 0 Å². The van der Waals surface area contributed by atoms with Crippen molar-refractivity contribution in [2.24, 2.45) is 0 Å². The van der Waals surface area contributed by atoms with Crippen LogP contribution in [0.4, 0.5) is 10.1 Å². The van der Waals surface area contributed by atoms with E-state index in [4.69, 9.17) is 0 Å². The van der Waals surface area contributed by atoms with Gasteiger partial charge in [-0.2, -0.15) is 10.2 Å². The van der Waals surface area contributed by atoms with Gasteiger partial charge in [-0.25, -0.2) is 18.7 Å². The zero-order valence-electron chi connectivity index (χ0n) is 16.1. The summed E-state index contributed by atoms with van der Waals surface area (Å²) in [6, 6.07) is 11.5. The minimum Gasteiger partial charge on any atom is -0.317 e. The van der Waals surface area contributed by atoms with Crippen molar-refractivity contribution in [2.75, 3.05) is 5.32 Å². The Balaban J connectivity index is 1.52. The van der Waals surface area contributed by atoms with Gasteiger partial charge < -0.3 is 5.32 Å². The van der Waals surface area contributed by atoms with E-state index in [0.717, 1.165) is 42.6 Å². The molecule has 0 aliphatic heterocycles. The van der Waals surface area contributed by atoms with Crippen LogP contribution in [0.2, 0.25) is 0 Å². The van der Waals surface area contributed by atoms with E-state index in [9.17, 15) is 9.18 Å². The summed E-state index contributed by atoms with van der Waals surface area (Å²) in [7, 11) is 0. The standard InChI is InChI=1S/C22H19FN6O/c23-15-8-10-16(11-9-15)29-19-7-2-1-5-17(19)20(27-29)22(30)26-18-6-3-12-24-21(18)28-14-4-13-25-28/h3-4,6,8-14H,1-2,5,7H2,(H,26,30). The molecule has 1 aliphatic rings. The summed E-state index contributed by atoms with van der Waals surface area (Å²) in [5, 5.41) is 11.8. The van der Waals surface area contributed by atoms with Crippen molar-refractivity contribution < 1.29 is 9.18 Å². The molecule has 0 saturated heterocycles. The highest BCUT2D eigenvalue weighted by Gasteiger charge is 2.26. The highest BCUT2D eigenvalue weighted by molar-refractivity contribution is 6.05. The van der Waals surface area contributed by atoms with Crippen LogP contribution in [-0.2, 0) is 12.8 Å². The summed E-state index contributed by atoms with van der Waals surface area (Å²) in [5.41, 5.74) is 3.65. The smallest absolute Gasteiger partial charge is 0.276 e. The maximum Gasteiger partial charge on any atom is 0.276 e. The van der Waals surface area contributed by atoms with Crippen LogP contribution in [0, 0.1) is 5.82 Å². The molecule has 4 aromatic rings. The fourth-order valence-electron chi connectivity index (χ4n) is 3.83. The van der Waals surface area contributed by atoms with Gasteiger partial charge in [0.05, 0.1) is 11.4 Å². The first-order valence-corrected chi connectivity index (χ1v) is 9.84. The number of amides is 1. The first kappa shape index (κ1) is 18.2. The van der Waals surface area contributed by atoms with Gasteiger partial charge in [-0.15, -0.1) is 0 Å². The van der Waals surface area contributed by atoms with E-state index in [-0.39, 0.29) is 11.7 Å². The predicted molar refractivity (Wildman–Crippen MR) is 109 cm³/mol. The number of nitrogens with one attached hydrogen (secondary N) is 1. The molecule has 8 heteroatoms. The third kappa shape index (κ3) is 3.26. The predicted octanol–water partition coefficient (Wildman–Crippen LogP) is 3.72. The zero-order chi connectivity index (χ0) is 20.5. The number of carbonyl (C=O) groups excluding carboxylic acids is 1. The van der Waals surface area contributed by atoms with Gasteiger partial charge in [0.1, 0.15) is 5.82 Å². The number of rotatable bonds is 4. The SMILES string of the molecule is O=C(Nc1cccnc1-n1cccn1)c1nn(-c2ccc(F)cc2)c2c1CCCC2. The summed E-state index contributed by atoms with van der Waals surface area (Å²) in [4.78, 5) is 17.5. The fourth-order valence-corrected chi connectivity index (χ4v) is 3.83. The van der Waals surface area contributed by atoms with Crippen molar-refractivity contribution >= 4 is 11.6 Å². The Morgan fingerprint density at radius 1 is 1.03 bits per heavy atom. The van der Waals surface area contributed by atoms with Gasteiger partial charge in [-0.05, 0) is 68.1 Å². The molecule has 3 heterocycles. The average Bonchev–Trinajstić information content (AvgIpc) is 3.43. The van der Waals surface area contributed by atoms with E-state index in [1.807, 2.05) is 0 Å². The zero-order valence-corrected chi connectivity index (χ0v) is 16.1. The molecule has 1 N–H and O–H groups in total. The summed E-state index contributed by atoms with van der Waals surface area (Å²) >= 11 is 0. The quantitative estimate of drug-likeness (QED) is 0.564. The lowest BCUT2D eigenvalue weighted by Gasteiger charge is -2.14. The van der Waals surface area contributed by atoms with Crippen LogP contribution in [0.25, 0.3) is 11.5 Å². The largest absolute Gasteiger partial charge is 0.317 e. The molecule has 0 bridgehead atoms. The number of fused-ring (bicyclic) bond motifs is 1. The second-order valence-corrected chi connectivity index (χ2v) is 7.15. The van der Waals surface area contributed by atoms with Gasteiger partial charge in [0.15, 0.2) is 11.5 Å². The Hall–Kier alpha value is -3.81. The molecular formula is C22H19FN6O. The number of pyridine rings is 1. The van der Waals surface area contributed by atoms with Crippen LogP contribution >= 0.6 is 0 Å². The van der Waals surface area contributed by atoms with Crippen LogP contribution in [0.3, 0.4) is 0 Å². The van der Waals surface area contributed by atoms with E-state index < -0.39 is 0 Å². The second kappa shape index (κ2) is 7.55. The van der Waals surface area contributed by atoms with E-state index in [1.54, 1.807) is 58.3 Å².